The van der Waals surface area contributed by atoms with Gasteiger partial charge < -0.3 is 5.32 Å². The van der Waals surface area contributed by atoms with Gasteiger partial charge in [0.05, 0.1) is 22.2 Å². The fourth-order valence-corrected chi connectivity index (χ4v) is 3.98. The molecule has 1 fully saturated rings. The molecule has 146 valence electrons. The zero-order chi connectivity index (χ0) is 19.7. The van der Waals surface area contributed by atoms with Crippen LogP contribution in [-0.2, 0) is 21.2 Å². The van der Waals surface area contributed by atoms with Gasteiger partial charge >= 0.3 is 6.18 Å². The third-order valence-electron chi connectivity index (χ3n) is 4.09. The first-order valence-corrected chi connectivity index (χ1v) is 9.55. The van der Waals surface area contributed by atoms with Gasteiger partial charge in [-0.1, -0.05) is 11.6 Å². The quantitative estimate of drug-likeness (QED) is 0.825. The van der Waals surface area contributed by atoms with Gasteiger partial charge in [-0.05, 0) is 31.0 Å². The van der Waals surface area contributed by atoms with Crippen molar-refractivity contribution < 1.29 is 26.4 Å². The molecule has 1 saturated heterocycles. The normalized spacial score (nSPS) is 19.6. The monoisotopic (exact) mass is 413 g/mol. The van der Waals surface area contributed by atoms with Gasteiger partial charge in [0.25, 0.3) is 10.2 Å². The van der Waals surface area contributed by atoms with Crippen LogP contribution in [0.4, 0.5) is 18.9 Å². The van der Waals surface area contributed by atoms with E-state index in [-0.39, 0.29) is 23.8 Å². The summed E-state index contributed by atoms with van der Waals surface area (Å²) >= 11 is 5.88. The molecular weight excluding hydrogens is 395 g/mol. The fourth-order valence-electron chi connectivity index (χ4n) is 2.63. The van der Waals surface area contributed by atoms with E-state index in [0.29, 0.717) is 12.8 Å². The predicted octanol–water partition coefficient (Wildman–Crippen LogP) is 2.82. The van der Waals surface area contributed by atoms with Gasteiger partial charge in [0.15, 0.2) is 0 Å². The number of hydrogen-bond donors (Lipinski definition) is 1. The average molecular weight is 414 g/mol. The number of alkyl halides is 3. The lowest BCUT2D eigenvalue weighted by Gasteiger charge is -2.32. The molecule has 1 amide bonds. The summed E-state index contributed by atoms with van der Waals surface area (Å²) in [6.07, 6.45) is -3.66. The molecule has 1 N–H and O–H groups in total. The molecule has 1 aromatic rings. The number of rotatable bonds is 4. The number of benzene rings is 1. The van der Waals surface area contributed by atoms with Crippen molar-refractivity contribution in [1.82, 2.24) is 8.61 Å². The molecule has 1 aromatic carbocycles. The molecule has 2 rings (SSSR count). The first kappa shape index (κ1) is 20.9. The lowest BCUT2D eigenvalue weighted by Crippen LogP contribution is -2.47. The van der Waals surface area contributed by atoms with Crippen molar-refractivity contribution >= 4 is 33.4 Å². The minimum absolute atomic E-state index is 0.0278. The van der Waals surface area contributed by atoms with Gasteiger partial charge in [0, 0.05) is 27.2 Å². The van der Waals surface area contributed by atoms with Crippen LogP contribution >= 0.6 is 11.6 Å². The van der Waals surface area contributed by atoms with Crippen molar-refractivity contribution in [2.75, 3.05) is 32.5 Å². The van der Waals surface area contributed by atoms with Crippen LogP contribution in [0.5, 0.6) is 0 Å². The molecule has 0 spiro atoms. The summed E-state index contributed by atoms with van der Waals surface area (Å²) in [5, 5.41) is 2.36. The van der Waals surface area contributed by atoms with Gasteiger partial charge in [0.2, 0.25) is 5.91 Å². The molecule has 1 heterocycles. The number of halogens is 4. The Kier molecular flexibility index (Phi) is 6.21. The molecule has 0 aliphatic carbocycles. The molecule has 11 heteroatoms. The maximum atomic E-state index is 12.8. The number of amides is 1. The van der Waals surface area contributed by atoms with Crippen molar-refractivity contribution in [1.29, 1.82) is 0 Å². The number of nitrogens with zero attached hydrogens (tertiary/aromatic N) is 2. The molecule has 0 radical (unpaired) electrons. The molecule has 0 aromatic heterocycles. The number of piperidine rings is 1. The Morgan fingerprint density at radius 2 is 2.00 bits per heavy atom. The van der Waals surface area contributed by atoms with Crippen molar-refractivity contribution in [3.63, 3.8) is 0 Å². The number of anilines is 1. The lowest BCUT2D eigenvalue weighted by molar-refractivity contribution is -0.137. The first-order valence-electron chi connectivity index (χ1n) is 7.78. The van der Waals surface area contributed by atoms with Crippen molar-refractivity contribution in [2.24, 2.45) is 5.92 Å². The SMILES string of the molecule is CN(C)S(=O)(=O)N1CCC[C@H](C(=O)Nc2cc(C(F)(F)F)ccc2Cl)C1. The number of carbonyl (C=O) groups excluding carboxylic acids is 1. The van der Waals surface area contributed by atoms with Crippen LogP contribution in [0.2, 0.25) is 5.02 Å². The summed E-state index contributed by atoms with van der Waals surface area (Å²) in [5.41, 5.74) is -1.09. The number of carbonyl (C=O) groups is 1. The van der Waals surface area contributed by atoms with Crippen molar-refractivity contribution in [3.8, 4) is 0 Å². The van der Waals surface area contributed by atoms with Gasteiger partial charge in [-0.2, -0.15) is 30.2 Å². The second kappa shape index (κ2) is 7.71. The highest BCUT2D eigenvalue weighted by molar-refractivity contribution is 7.86. The first-order chi connectivity index (χ1) is 11.9. The van der Waals surface area contributed by atoms with Crippen LogP contribution in [-0.4, -0.2) is 50.1 Å². The van der Waals surface area contributed by atoms with E-state index < -0.39 is 33.8 Å². The molecular formula is C15H19ClF3N3O3S. The highest BCUT2D eigenvalue weighted by Gasteiger charge is 2.34. The van der Waals surface area contributed by atoms with Crippen LogP contribution in [0.25, 0.3) is 0 Å². The summed E-state index contributed by atoms with van der Waals surface area (Å²) in [5.74, 6) is -1.24. The second-order valence-corrected chi connectivity index (χ2v) is 8.72. The van der Waals surface area contributed by atoms with Crippen LogP contribution in [0, 0.1) is 5.92 Å². The molecule has 0 bridgehead atoms. The van der Waals surface area contributed by atoms with Crippen LogP contribution < -0.4 is 5.32 Å². The van der Waals surface area contributed by atoms with Gasteiger partial charge in [-0.15, -0.1) is 0 Å². The highest BCUT2D eigenvalue weighted by Crippen LogP contribution is 2.34. The highest BCUT2D eigenvalue weighted by atomic mass is 35.5. The molecule has 6 nitrogen and oxygen atoms in total. The Morgan fingerprint density at radius 3 is 2.58 bits per heavy atom. The maximum Gasteiger partial charge on any atom is 0.416 e. The second-order valence-electron chi connectivity index (χ2n) is 6.17. The Labute approximate surface area is 155 Å². The molecule has 0 unspecified atom stereocenters. The lowest BCUT2D eigenvalue weighted by atomic mass is 9.98. The summed E-state index contributed by atoms with van der Waals surface area (Å²) < 4.78 is 65.1. The van der Waals surface area contributed by atoms with E-state index in [0.717, 1.165) is 22.5 Å². The largest absolute Gasteiger partial charge is 0.416 e. The summed E-state index contributed by atoms with van der Waals surface area (Å²) in [6, 6.07) is 2.64. The minimum atomic E-state index is -4.56. The zero-order valence-corrected chi connectivity index (χ0v) is 15.7. The predicted molar refractivity (Wildman–Crippen MR) is 92.0 cm³/mol. The number of hydrogen-bond acceptors (Lipinski definition) is 3. The van der Waals surface area contributed by atoms with E-state index in [1.165, 1.54) is 18.4 Å². The molecule has 1 aliphatic rings. The van der Waals surface area contributed by atoms with E-state index in [1.807, 2.05) is 0 Å². The molecule has 1 atom stereocenters. The van der Waals surface area contributed by atoms with Crippen molar-refractivity contribution in [2.45, 2.75) is 19.0 Å². The van der Waals surface area contributed by atoms with E-state index in [4.69, 9.17) is 11.6 Å². The third-order valence-corrected chi connectivity index (χ3v) is 6.33. The van der Waals surface area contributed by atoms with E-state index >= 15 is 0 Å². The molecule has 0 saturated carbocycles. The summed E-state index contributed by atoms with van der Waals surface area (Å²) in [4.78, 5) is 12.4. The van der Waals surface area contributed by atoms with Gasteiger partial charge in [-0.3, -0.25) is 4.79 Å². The van der Waals surface area contributed by atoms with Gasteiger partial charge in [-0.25, -0.2) is 0 Å². The van der Waals surface area contributed by atoms with Crippen LogP contribution in [0.3, 0.4) is 0 Å². The topological polar surface area (TPSA) is 69.7 Å². The molecule has 1 aliphatic heterocycles. The van der Waals surface area contributed by atoms with Gasteiger partial charge in [0.1, 0.15) is 0 Å². The summed E-state index contributed by atoms with van der Waals surface area (Å²) in [7, 11) is -0.881. The Bertz CT molecular complexity index is 784. The summed E-state index contributed by atoms with van der Waals surface area (Å²) in [6.45, 7) is 0.248. The van der Waals surface area contributed by atoms with E-state index in [1.54, 1.807) is 0 Å². The smallest absolute Gasteiger partial charge is 0.324 e. The van der Waals surface area contributed by atoms with E-state index in [9.17, 15) is 26.4 Å². The number of nitrogens with one attached hydrogen (secondary N) is 1. The molecule has 26 heavy (non-hydrogen) atoms. The Hall–Kier alpha value is -1.36. The maximum absolute atomic E-state index is 12.8. The fraction of sp³-hybridized carbons (Fsp3) is 0.533. The third kappa shape index (κ3) is 4.67. The minimum Gasteiger partial charge on any atom is -0.324 e. The van der Waals surface area contributed by atoms with Crippen LogP contribution in [0.1, 0.15) is 18.4 Å². The van der Waals surface area contributed by atoms with E-state index in [2.05, 4.69) is 5.32 Å². The standard InChI is InChI=1S/C15H19ClF3N3O3S/c1-21(2)26(24,25)22-7-3-4-10(9-22)14(23)20-13-8-11(15(17,18)19)5-6-12(13)16/h5-6,8,10H,3-4,7,9H2,1-2H3,(H,20,23)/t10-/m0/s1. The average Bonchev–Trinajstić information content (AvgIpc) is 2.55. The Morgan fingerprint density at radius 1 is 1.35 bits per heavy atom. The van der Waals surface area contributed by atoms with Crippen LogP contribution in [0.15, 0.2) is 18.2 Å². The van der Waals surface area contributed by atoms with Crippen molar-refractivity contribution in [3.05, 3.63) is 28.8 Å². The Balaban J connectivity index is 2.15. The zero-order valence-electron chi connectivity index (χ0n) is 14.2.